The molecular weight excluding hydrogens is 781 g/mol. The van der Waals surface area contributed by atoms with Crippen molar-refractivity contribution in [3.8, 4) is 0 Å². The molecule has 0 amide bonds. The molecule has 0 aromatic heterocycles. The number of ketones is 1. The van der Waals surface area contributed by atoms with Gasteiger partial charge in [0.05, 0.1) is 48.7 Å². The highest BCUT2D eigenvalue weighted by Crippen LogP contribution is 2.30. The predicted molar refractivity (Wildman–Crippen MR) is 249 cm³/mol. The highest BCUT2D eigenvalue weighted by molar-refractivity contribution is 6.22. The molecule has 0 N–H and O–H groups in total. The van der Waals surface area contributed by atoms with Crippen LogP contribution in [0.25, 0.3) is 0 Å². The molecule has 0 bridgehead atoms. The first-order chi connectivity index (χ1) is 30.3. The Morgan fingerprint density at radius 2 is 0.629 bits per heavy atom. The summed E-state index contributed by atoms with van der Waals surface area (Å²) in [5, 5.41) is 0. The van der Waals surface area contributed by atoms with Crippen molar-refractivity contribution in [1.82, 2.24) is 0 Å². The molecule has 0 saturated heterocycles. The van der Waals surface area contributed by atoms with Crippen LogP contribution in [0.1, 0.15) is 265 Å². The lowest BCUT2D eigenvalue weighted by Crippen LogP contribution is -2.27. The number of rotatable bonds is 38. The van der Waals surface area contributed by atoms with Gasteiger partial charge in [0, 0.05) is 11.1 Å². The summed E-state index contributed by atoms with van der Waals surface area (Å²) < 4.78 is 23.2. The maximum atomic E-state index is 14.5. The van der Waals surface area contributed by atoms with E-state index in [1.807, 2.05) is 0 Å². The molecular formula is C53H82O9. The van der Waals surface area contributed by atoms with Crippen molar-refractivity contribution in [3.63, 3.8) is 0 Å². The number of hydrogen-bond acceptors (Lipinski definition) is 9. The van der Waals surface area contributed by atoms with Crippen LogP contribution in [0.4, 0.5) is 0 Å². The fraction of sp³-hybridized carbons (Fsp3) is 0.679. The monoisotopic (exact) mass is 863 g/mol. The molecule has 0 atom stereocenters. The van der Waals surface area contributed by atoms with Crippen molar-refractivity contribution in [2.45, 2.75) is 207 Å². The van der Waals surface area contributed by atoms with E-state index in [-0.39, 0.29) is 43.1 Å². The van der Waals surface area contributed by atoms with Crippen molar-refractivity contribution in [1.29, 1.82) is 0 Å². The summed E-state index contributed by atoms with van der Waals surface area (Å²) in [4.78, 5) is 71.7. The zero-order chi connectivity index (χ0) is 45.0. The lowest BCUT2D eigenvalue weighted by Gasteiger charge is -2.20. The van der Waals surface area contributed by atoms with Gasteiger partial charge in [-0.1, -0.05) is 212 Å². The first kappa shape index (κ1) is 54.1. The minimum atomic E-state index is -0.995. The van der Waals surface area contributed by atoms with E-state index in [1.165, 1.54) is 31.7 Å². The molecule has 0 saturated carbocycles. The molecule has 348 valence electrons. The van der Waals surface area contributed by atoms with Gasteiger partial charge in [-0.05, 0) is 31.7 Å². The minimum Gasteiger partial charge on any atom is -0.462 e. The van der Waals surface area contributed by atoms with Gasteiger partial charge in [0.25, 0.3) is 0 Å². The first-order valence-electron chi connectivity index (χ1n) is 24.8. The van der Waals surface area contributed by atoms with E-state index >= 15 is 0 Å². The van der Waals surface area contributed by atoms with E-state index in [0.717, 1.165) is 128 Å². The van der Waals surface area contributed by atoms with Crippen molar-refractivity contribution < 1.29 is 42.9 Å². The lowest BCUT2D eigenvalue weighted by molar-refractivity contribution is 0.0414. The largest absolute Gasteiger partial charge is 0.462 e. The van der Waals surface area contributed by atoms with E-state index in [0.29, 0.717) is 25.7 Å². The average molecular weight is 863 g/mol. The van der Waals surface area contributed by atoms with Crippen LogP contribution in [0.2, 0.25) is 0 Å². The van der Waals surface area contributed by atoms with Crippen LogP contribution in [0.15, 0.2) is 36.4 Å². The summed E-state index contributed by atoms with van der Waals surface area (Å²) in [6.45, 7) is 8.90. The molecule has 62 heavy (non-hydrogen) atoms. The van der Waals surface area contributed by atoms with Gasteiger partial charge in [-0.3, -0.25) is 4.79 Å². The lowest BCUT2D eigenvalue weighted by atomic mass is 9.87. The van der Waals surface area contributed by atoms with Gasteiger partial charge >= 0.3 is 23.9 Å². The standard InChI is InChI=1S/C53H82O9/c1-5-9-13-17-21-25-32-38-59-50(55)45-42-44(49(54)43-36-30-29-31-37-43)46(51(56)60-39-33-26-22-18-14-10-6-2)48(53(58)62-41-35-28-24-20-16-12-8-4)47(45)52(57)61-40-34-27-23-19-15-11-7-3/h29-31,36-37,42H,5-28,32-35,38-41H2,1-4H3. The number of unbranched alkanes of at least 4 members (excludes halogenated alkanes) is 24. The van der Waals surface area contributed by atoms with E-state index in [1.54, 1.807) is 30.3 Å². The molecule has 2 rings (SSSR count). The molecule has 0 aliphatic heterocycles. The minimum absolute atomic E-state index is 0.0283. The zero-order valence-corrected chi connectivity index (χ0v) is 39.3. The third-order valence-electron chi connectivity index (χ3n) is 11.4. The summed E-state index contributed by atoms with van der Waals surface area (Å²) in [6.07, 6.45) is 28.0. The zero-order valence-electron chi connectivity index (χ0n) is 39.3. The van der Waals surface area contributed by atoms with Crippen LogP contribution in [-0.4, -0.2) is 56.1 Å². The van der Waals surface area contributed by atoms with Gasteiger partial charge in [0.1, 0.15) is 0 Å². The molecule has 9 heteroatoms. The fourth-order valence-corrected chi connectivity index (χ4v) is 7.59. The van der Waals surface area contributed by atoms with Crippen molar-refractivity contribution in [2.24, 2.45) is 0 Å². The topological polar surface area (TPSA) is 122 Å². The Hall–Kier alpha value is -4.01. The molecule has 0 heterocycles. The Balaban J connectivity index is 2.63. The number of ether oxygens (including phenoxy) is 4. The van der Waals surface area contributed by atoms with Crippen molar-refractivity contribution in [3.05, 3.63) is 69.8 Å². The molecule has 0 aliphatic carbocycles. The van der Waals surface area contributed by atoms with Gasteiger partial charge in [-0.25, -0.2) is 19.2 Å². The van der Waals surface area contributed by atoms with Crippen LogP contribution in [0.3, 0.4) is 0 Å². The number of carbonyl (C=O) groups is 5. The Morgan fingerprint density at radius 1 is 0.339 bits per heavy atom. The smallest absolute Gasteiger partial charge is 0.339 e. The van der Waals surface area contributed by atoms with Gasteiger partial charge < -0.3 is 18.9 Å². The van der Waals surface area contributed by atoms with E-state index in [9.17, 15) is 24.0 Å². The number of esters is 4. The maximum Gasteiger partial charge on any atom is 0.339 e. The SMILES string of the molecule is CCCCCCCCCOC(=O)c1cc(C(=O)c2ccccc2)c(C(=O)OCCCCCCCCC)c(C(=O)OCCCCCCCCC)c1C(=O)OCCCCCCCCC. The Bertz CT molecular complexity index is 1550. The quantitative estimate of drug-likeness (QED) is 0.0281. The molecule has 9 nitrogen and oxygen atoms in total. The van der Waals surface area contributed by atoms with Crippen LogP contribution in [0.5, 0.6) is 0 Å². The first-order valence-corrected chi connectivity index (χ1v) is 24.8. The Morgan fingerprint density at radius 3 is 0.984 bits per heavy atom. The van der Waals surface area contributed by atoms with E-state index in [4.69, 9.17) is 18.9 Å². The molecule has 0 spiro atoms. The Labute approximate surface area is 375 Å². The predicted octanol–water partition coefficient (Wildman–Crippen LogP) is 14.5. The Kier molecular flexibility index (Phi) is 30.9. The second-order valence-electron chi connectivity index (χ2n) is 16.8. The van der Waals surface area contributed by atoms with Crippen LogP contribution in [0, 0.1) is 0 Å². The number of benzene rings is 2. The summed E-state index contributed by atoms with van der Waals surface area (Å²) in [7, 11) is 0. The molecule has 2 aromatic carbocycles. The molecule has 0 fully saturated rings. The summed E-state index contributed by atoms with van der Waals surface area (Å²) in [5.74, 6) is -4.39. The normalized spacial score (nSPS) is 11.0. The number of hydrogen-bond donors (Lipinski definition) is 0. The summed E-state index contributed by atoms with van der Waals surface area (Å²) in [6, 6.07) is 9.54. The second kappa shape index (κ2) is 35.5. The highest BCUT2D eigenvalue weighted by Gasteiger charge is 2.37. The molecule has 2 aromatic rings. The van der Waals surface area contributed by atoms with Gasteiger partial charge in [-0.2, -0.15) is 0 Å². The average Bonchev–Trinajstić information content (AvgIpc) is 3.28. The highest BCUT2D eigenvalue weighted by atomic mass is 16.5. The third-order valence-corrected chi connectivity index (χ3v) is 11.4. The third kappa shape index (κ3) is 21.9. The van der Waals surface area contributed by atoms with Crippen molar-refractivity contribution >= 4 is 29.7 Å². The molecule has 0 unspecified atom stereocenters. The van der Waals surface area contributed by atoms with Gasteiger partial charge in [0.2, 0.25) is 0 Å². The maximum absolute atomic E-state index is 14.5. The van der Waals surface area contributed by atoms with Crippen LogP contribution >= 0.6 is 0 Å². The molecule has 0 radical (unpaired) electrons. The summed E-state index contributed by atoms with van der Waals surface area (Å²) >= 11 is 0. The van der Waals surface area contributed by atoms with Gasteiger partial charge in [0.15, 0.2) is 5.78 Å². The van der Waals surface area contributed by atoms with Gasteiger partial charge in [-0.15, -0.1) is 0 Å². The van der Waals surface area contributed by atoms with Crippen LogP contribution < -0.4 is 0 Å². The van der Waals surface area contributed by atoms with E-state index < -0.39 is 46.4 Å². The molecule has 0 aliphatic rings. The fourth-order valence-electron chi connectivity index (χ4n) is 7.59. The number of carbonyl (C=O) groups excluding carboxylic acids is 5. The summed E-state index contributed by atoms with van der Waals surface area (Å²) in [5.41, 5.74) is -1.66. The van der Waals surface area contributed by atoms with Crippen molar-refractivity contribution in [2.75, 3.05) is 26.4 Å². The van der Waals surface area contributed by atoms with E-state index in [2.05, 4.69) is 27.7 Å². The second-order valence-corrected chi connectivity index (χ2v) is 16.8. The van der Waals surface area contributed by atoms with Crippen LogP contribution in [-0.2, 0) is 18.9 Å².